The summed E-state index contributed by atoms with van der Waals surface area (Å²) in [4.78, 5) is 2.37. The molecule has 0 saturated carbocycles. The first-order valence-electron chi connectivity index (χ1n) is 17.3. The van der Waals surface area contributed by atoms with Crippen molar-refractivity contribution in [2.45, 2.75) is 38.5 Å². The first-order chi connectivity index (χ1) is 23.8. The Morgan fingerprint density at radius 3 is 1.37 bits per heavy atom. The predicted octanol–water partition coefficient (Wildman–Crippen LogP) is 13.4. The highest BCUT2D eigenvalue weighted by Gasteiger charge is 2.45. The van der Waals surface area contributed by atoms with Crippen LogP contribution in [0.4, 0.5) is 17.1 Å². The average Bonchev–Trinajstić information content (AvgIpc) is 3.15. The molecular formula is C48H41N. The molecule has 0 atom stereocenters. The van der Waals surface area contributed by atoms with E-state index >= 15 is 0 Å². The van der Waals surface area contributed by atoms with Gasteiger partial charge >= 0.3 is 0 Å². The van der Waals surface area contributed by atoms with E-state index in [2.05, 4.69) is 209 Å². The Kier molecular flexibility index (Phi) is 7.57. The van der Waals surface area contributed by atoms with Gasteiger partial charge in [-0.05, 0) is 109 Å². The monoisotopic (exact) mass is 631 g/mol. The van der Waals surface area contributed by atoms with Gasteiger partial charge in [-0.2, -0.15) is 0 Å². The highest BCUT2D eigenvalue weighted by atomic mass is 15.1. The average molecular weight is 632 g/mol. The molecule has 8 rings (SSSR count). The van der Waals surface area contributed by atoms with Crippen LogP contribution < -0.4 is 4.90 Å². The van der Waals surface area contributed by atoms with E-state index in [1.54, 1.807) is 0 Å². The fourth-order valence-corrected chi connectivity index (χ4v) is 7.57. The summed E-state index contributed by atoms with van der Waals surface area (Å²) in [5.41, 5.74) is 16.2. The second-order valence-electron chi connectivity index (χ2n) is 14.3. The number of hydrogen-bond acceptors (Lipinski definition) is 1. The Bertz CT molecular complexity index is 2260. The molecule has 7 aromatic carbocycles. The molecule has 0 fully saturated rings. The van der Waals surface area contributed by atoms with Crippen molar-refractivity contribution in [2.24, 2.45) is 0 Å². The second kappa shape index (κ2) is 12.1. The van der Waals surface area contributed by atoms with Crippen molar-refractivity contribution in [3.8, 4) is 44.5 Å². The molecule has 1 aliphatic rings. The topological polar surface area (TPSA) is 3.24 Å². The van der Waals surface area contributed by atoms with E-state index in [-0.39, 0.29) is 10.8 Å². The largest absolute Gasteiger partial charge is 0.310 e. The fourth-order valence-electron chi connectivity index (χ4n) is 7.57. The Morgan fingerprint density at radius 2 is 0.714 bits per heavy atom. The molecule has 7 aromatic rings. The zero-order valence-electron chi connectivity index (χ0n) is 28.7. The van der Waals surface area contributed by atoms with Crippen LogP contribution in [-0.4, -0.2) is 0 Å². The Hall–Kier alpha value is -5.66. The first-order valence-corrected chi connectivity index (χ1v) is 17.3. The number of benzene rings is 7. The minimum Gasteiger partial charge on any atom is -0.310 e. The maximum atomic E-state index is 2.44. The van der Waals surface area contributed by atoms with Gasteiger partial charge in [-0.1, -0.05) is 161 Å². The van der Waals surface area contributed by atoms with Crippen molar-refractivity contribution < 1.29 is 0 Å². The van der Waals surface area contributed by atoms with Crippen LogP contribution in [-0.2, 0) is 10.8 Å². The third kappa shape index (κ3) is 5.36. The van der Waals surface area contributed by atoms with Crippen molar-refractivity contribution in [1.29, 1.82) is 0 Å². The van der Waals surface area contributed by atoms with E-state index in [4.69, 9.17) is 0 Å². The minimum atomic E-state index is -0.0415. The number of para-hydroxylation sites is 1. The lowest BCUT2D eigenvalue weighted by Gasteiger charge is -2.48. The molecule has 0 N–H and O–H groups in total. The smallest absolute Gasteiger partial charge is 0.0467 e. The number of anilines is 3. The van der Waals surface area contributed by atoms with Crippen LogP contribution in [0, 0.1) is 0 Å². The second-order valence-corrected chi connectivity index (χ2v) is 14.3. The van der Waals surface area contributed by atoms with Gasteiger partial charge in [0.25, 0.3) is 0 Å². The van der Waals surface area contributed by atoms with E-state index < -0.39 is 0 Å². The van der Waals surface area contributed by atoms with Gasteiger partial charge in [-0.25, -0.2) is 0 Å². The number of hydrogen-bond donors (Lipinski definition) is 0. The third-order valence-electron chi connectivity index (χ3n) is 11.0. The molecule has 0 unspecified atom stereocenters. The van der Waals surface area contributed by atoms with E-state index in [1.165, 1.54) is 55.6 Å². The van der Waals surface area contributed by atoms with Crippen LogP contribution in [0.3, 0.4) is 0 Å². The molecule has 0 spiro atoms. The molecule has 0 saturated heterocycles. The van der Waals surface area contributed by atoms with E-state index in [0.29, 0.717) is 0 Å². The summed E-state index contributed by atoms with van der Waals surface area (Å²) in [5, 5.41) is 0. The lowest BCUT2D eigenvalue weighted by Crippen LogP contribution is -2.43. The molecular weight excluding hydrogens is 591 g/mol. The van der Waals surface area contributed by atoms with E-state index in [1.807, 2.05) is 0 Å². The van der Waals surface area contributed by atoms with Gasteiger partial charge in [-0.15, -0.1) is 0 Å². The molecule has 238 valence electrons. The summed E-state index contributed by atoms with van der Waals surface area (Å²) in [5.74, 6) is 0. The van der Waals surface area contributed by atoms with Crippen molar-refractivity contribution in [3.05, 3.63) is 187 Å². The van der Waals surface area contributed by atoms with Crippen molar-refractivity contribution in [3.63, 3.8) is 0 Å². The molecule has 0 amide bonds. The number of fused-ring (bicyclic) bond motifs is 3. The Balaban J connectivity index is 1.19. The normalized spacial score (nSPS) is 14.0. The highest BCUT2D eigenvalue weighted by molar-refractivity contribution is 5.85. The minimum absolute atomic E-state index is 0.00590. The molecule has 1 nitrogen and oxygen atoms in total. The molecule has 49 heavy (non-hydrogen) atoms. The van der Waals surface area contributed by atoms with Gasteiger partial charge in [0, 0.05) is 17.1 Å². The number of nitrogens with zero attached hydrogens (tertiary/aromatic N) is 1. The van der Waals surface area contributed by atoms with Gasteiger partial charge < -0.3 is 4.90 Å². The lowest BCUT2D eigenvalue weighted by molar-refractivity contribution is 0.299. The maximum Gasteiger partial charge on any atom is 0.0467 e. The Morgan fingerprint density at radius 1 is 0.306 bits per heavy atom. The van der Waals surface area contributed by atoms with Crippen LogP contribution in [0.5, 0.6) is 0 Å². The molecule has 1 aliphatic carbocycles. The van der Waals surface area contributed by atoms with E-state index in [0.717, 1.165) is 17.1 Å². The van der Waals surface area contributed by atoms with Gasteiger partial charge in [0.1, 0.15) is 0 Å². The van der Waals surface area contributed by atoms with E-state index in [9.17, 15) is 0 Å². The SMILES string of the molecule is CC1(C)c2ccccc2-c2ccc(-c3cccc(N(c4ccccc4)c4cccc(-c5ccc(-c6ccccc6)cc5)c4)c3)cc2C1(C)C. The summed E-state index contributed by atoms with van der Waals surface area (Å²) in [6, 6.07) is 64.0. The zero-order valence-corrected chi connectivity index (χ0v) is 28.7. The predicted molar refractivity (Wildman–Crippen MR) is 209 cm³/mol. The summed E-state index contributed by atoms with van der Waals surface area (Å²) in [6.07, 6.45) is 0. The molecule has 0 bridgehead atoms. The summed E-state index contributed by atoms with van der Waals surface area (Å²) in [7, 11) is 0. The van der Waals surface area contributed by atoms with Crippen molar-refractivity contribution in [1.82, 2.24) is 0 Å². The standard InChI is InChI=1S/C48H41N/c1-47(2)45-24-12-11-23-43(45)44-30-29-39(33-46(44)48(47,3)4)38-18-14-22-42(32-38)49(40-19-9-6-10-20-40)41-21-13-17-37(31-41)36-27-25-35(26-28-36)34-15-7-5-8-16-34/h5-33H,1-4H3. The summed E-state index contributed by atoms with van der Waals surface area (Å²) >= 11 is 0. The summed E-state index contributed by atoms with van der Waals surface area (Å²) in [6.45, 7) is 9.60. The quantitative estimate of drug-likeness (QED) is 0.176. The van der Waals surface area contributed by atoms with Crippen LogP contribution in [0.1, 0.15) is 38.8 Å². The van der Waals surface area contributed by atoms with Gasteiger partial charge in [-0.3, -0.25) is 0 Å². The molecule has 0 radical (unpaired) electrons. The first kappa shape index (κ1) is 30.7. The number of rotatable bonds is 6. The summed E-state index contributed by atoms with van der Waals surface area (Å²) < 4.78 is 0. The van der Waals surface area contributed by atoms with Crippen LogP contribution in [0.2, 0.25) is 0 Å². The van der Waals surface area contributed by atoms with Crippen LogP contribution >= 0.6 is 0 Å². The third-order valence-corrected chi connectivity index (χ3v) is 11.0. The molecule has 1 heteroatoms. The van der Waals surface area contributed by atoms with Crippen molar-refractivity contribution >= 4 is 17.1 Å². The maximum absolute atomic E-state index is 2.44. The lowest BCUT2D eigenvalue weighted by atomic mass is 9.55. The fraction of sp³-hybridized carbons (Fsp3) is 0.125. The van der Waals surface area contributed by atoms with Gasteiger partial charge in [0.15, 0.2) is 0 Å². The molecule has 0 aliphatic heterocycles. The Labute approximate surface area is 291 Å². The zero-order chi connectivity index (χ0) is 33.6. The van der Waals surface area contributed by atoms with Crippen molar-refractivity contribution in [2.75, 3.05) is 4.90 Å². The molecule has 0 heterocycles. The van der Waals surface area contributed by atoms with Crippen LogP contribution in [0.15, 0.2) is 176 Å². The van der Waals surface area contributed by atoms with Crippen LogP contribution in [0.25, 0.3) is 44.5 Å². The van der Waals surface area contributed by atoms with Gasteiger partial charge in [0.2, 0.25) is 0 Å². The molecule has 0 aromatic heterocycles. The highest BCUT2D eigenvalue weighted by Crippen LogP contribution is 2.54. The van der Waals surface area contributed by atoms with Gasteiger partial charge in [0.05, 0.1) is 0 Å².